The normalized spacial score (nSPS) is 24.3. The molecular weight excluding hydrogens is 278 g/mol. The Morgan fingerprint density at radius 2 is 2.00 bits per heavy atom. The molecule has 0 saturated heterocycles. The number of esters is 1. The summed E-state index contributed by atoms with van der Waals surface area (Å²) in [5, 5.41) is 3.32. The van der Waals surface area contributed by atoms with E-state index in [0.29, 0.717) is 18.6 Å². The minimum atomic E-state index is -0.310. The average Bonchev–Trinajstić information content (AvgIpc) is 2.35. The molecule has 0 fully saturated rings. The van der Waals surface area contributed by atoms with Crippen LogP contribution >= 0.6 is 0 Å². The smallest absolute Gasteiger partial charge is 0.336 e. The topological polar surface area (TPSA) is 55.4 Å². The van der Waals surface area contributed by atoms with Crippen molar-refractivity contribution in [2.75, 3.05) is 6.61 Å². The Morgan fingerprint density at radius 3 is 2.55 bits per heavy atom. The fourth-order valence-electron chi connectivity index (χ4n) is 3.63. The first-order valence-corrected chi connectivity index (χ1v) is 8.09. The van der Waals surface area contributed by atoms with Crippen LogP contribution in [0.2, 0.25) is 0 Å². The monoisotopic (exact) mass is 305 g/mol. The van der Waals surface area contributed by atoms with Crippen molar-refractivity contribution in [3.8, 4) is 0 Å². The Balaban J connectivity index is 2.50. The van der Waals surface area contributed by atoms with Gasteiger partial charge in [0.15, 0.2) is 5.78 Å². The molecule has 4 heteroatoms. The van der Waals surface area contributed by atoms with Crippen molar-refractivity contribution >= 4 is 11.8 Å². The van der Waals surface area contributed by atoms with Crippen molar-refractivity contribution in [1.82, 2.24) is 5.32 Å². The molecule has 0 amide bonds. The number of allylic oxidation sites excluding steroid dienone is 3. The summed E-state index contributed by atoms with van der Waals surface area (Å²) in [6, 6.07) is 0. The summed E-state index contributed by atoms with van der Waals surface area (Å²) in [6.07, 6.45) is 1.37. The lowest BCUT2D eigenvalue weighted by Gasteiger charge is -2.40. The van der Waals surface area contributed by atoms with E-state index in [4.69, 9.17) is 4.74 Å². The zero-order chi connectivity index (χ0) is 16.7. The van der Waals surface area contributed by atoms with Gasteiger partial charge in [-0.15, -0.1) is 0 Å². The van der Waals surface area contributed by atoms with Crippen molar-refractivity contribution in [2.45, 2.75) is 54.4 Å². The van der Waals surface area contributed by atoms with Gasteiger partial charge in [-0.1, -0.05) is 27.7 Å². The minimum Gasteiger partial charge on any atom is -0.463 e. The largest absolute Gasteiger partial charge is 0.463 e. The summed E-state index contributed by atoms with van der Waals surface area (Å²) in [7, 11) is 0. The highest BCUT2D eigenvalue weighted by Crippen LogP contribution is 2.45. The van der Waals surface area contributed by atoms with Gasteiger partial charge in [0.05, 0.1) is 12.2 Å². The Labute approximate surface area is 133 Å². The molecule has 2 aliphatic rings. The number of rotatable bonds is 3. The van der Waals surface area contributed by atoms with Crippen LogP contribution in [0.25, 0.3) is 0 Å². The Kier molecular flexibility index (Phi) is 4.50. The van der Waals surface area contributed by atoms with E-state index in [9.17, 15) is 9.59 Å². The molecule has 1 aliphatic heterocycles. The first kappa shape index (κ1) is 16.8. The van der Waals surface area contributed by atoms with Crippen molar-refractivity contribution < 1.29 is 14.3 Å². The van der Waals surface area contributed by atoms with Crippen LogP contribution in [0.15, 0.2) is 22.5 Å². The van der Waals surface area contributed by atoms with Gasteiger partial charge in [0.2, 0.25) is 0 Å². The number of nitrogens with one attached hydrogen (secondary N) is 1. The third kappa shape index (κ3) is 2.96. The zero-order valence-electron chi connectivity index (χ0n) is 14.5. The lowest BCUT2D eigenvalue weighted by Crippen LogP contribution is -2.41. The maximum absolute atomic E-state index is 12.7. The van der Waals surface area contributed by atoms with Crippen LogP contribution < -0.4 is 5.32 Å². The second-order valence-electron chi connectivity index (χ2n) is 7.44. The molecule has 1 unspecified atom stereocenters. The van der Waals surface area contributed by atoms with Gasteiger partial charge in [-0.2, -0.15) is 0 Å². The van der Waals surface area contributed by atoms with Gasteiger partial charge >= 0.3 is 5.97 Å². The molecule has 0 saturated carbocycles. The molecule has 2 rings (SSSR count). The van der Waals surface area contributed by atoms with E-state index < -0.39 is 0 Å². The van der Waals surface area contributed by atoms with E-state index in [1.165, 1.54) is 0 Å². The maximum atomic E-state index is 12.7. The third-order valence-electron chi connectivity index (χ3n) is 4.45. The number of hydrogen-bond donors (Lipinski definition) is 1. The number of carbonyl (C=O) groups excluding carboxylic acids is 2. The number of hydrogen-bond acceptors (Lipinski definition) is 4. The summed E-state index contributed by atoms with van der Waals surface area (Å²) in [5.74, 6) is -0.146. The van der Waals surface area contributed by atoms with Gasteiger partial charge in [0.25, 0.3) is 0 Å². The van der Waals surface area contributed by atoms with Crippen LogP contribution in [0.1, 0.15) is 54.4 Å². The van der Waals surface area contributed by atoms with Crippen LogP contribution in [0.4, 0.5) is 0 Å². The zero-order valence-corrected chi connectivity index (χ0v) is 14.5. The van der Waals surface area contributed by atoms with Gasteiger partial charge in [-0.25, -0.2) is 4.79 Å². The van der Waals surface area contributed by atoms with E-state index in [1.807, 2.05) is 6.92 Å². The van der Waals surface area contributed by atoms with Crippen LogP contribution in [-0.2, 0) is 14.3 Å². The van der Waals surface area contributed by atoms with E-state index in [1.54, 1.807) is 6.92 Å². The number of ether oxygens (including phenoxy) is 1. The molecule has 1 aliphatic carbocycles. The molecule has 1 atom stereocenters. The van der Waals surface area contributed by atoms with Crippen molar-refractivity contribution in [1.29, 1.82) is 0 Å². The molecule has 0 aromatic heterocycles. The lowest BCUT2D eigenvalue weighted by atomic mass is 9.67. The molecule has 1 N–H and O–H groups in total. The first-order chi connectivity index (χ1) is 10.2. The van der Waals surface area contributed by atoms with Crippen LogP contribution in [0.5, 0.6) is 0 Å². The van der Waals surface area contributed by atoms with E-state index >= 15 is 0 Å². The third-order valence-corrected chi connectivity index (χ3v) is 4.45. The standard InChI is InChI=1S/C18H27NO3/c1-7-22-17(21)15-11(4)19-12-8-18(5,6)9-13(20)16(12)14(15)10(2)3/h10,14,19H,7-9H2,1-6H3. The van der Waals surface area contributed by atoms with Crippen LogP contribution in [0, 0.1) is 17.3 Å². The summed E-state index contributed by atoms with van der Waals surface area (Å²) in [4.78, 5) is 25.1. The highest BCUT2D eigenvalue weighted by molar-refractivity contribution is 6.02. The Morgan fingerprint density at radius 1 is 1.36 bits per heavy atom. The summed E-state index contributed by atoms with van der Waals surface area (Å²) in [6.45, 7) is 12.4. The number of carbonyl (C=O) groups is 2. The SMILES string of the molecule is CCOC(=O)C1=C(C)NC2=C(C(=O)CC(C)(C)C2)C1C(C)C. The molecular formula is C18H27NO3. The molecule has 122 valence electrons. The molecule has 0 bridgehead atoms. The van der Waals surface area contributed by atoms with Gasteiger partial charge in [-0.3, -0.25) is 4.79 Å². The number of Topliss-reactive ketones (excluding diaryl/α,β-unsaturated/α-hetero) is 1. The number of ketones is 1. The van der Waals surface area contributed by atoms with Gasteiger partial charge in [0, 0.05) is 29.3 Å². The lowest BCUT2D eigenvalue weighted by molar-refractivity contribution is -0.139. The highest BCUT2D eigenvalue weighted by Gasteiger charge is 2.43. The van der Waals surface area contributed by atoms with E-state index in [2.05, 4.69) is 33.0 Å². The fourth-order valence-corrected chi connectivity index (χ4v) is 3.63. The molecule has 1 heterocycles. The summed E-state index contributed by atoms with van der Waals surface area (Å²) >= 11 is 0. The van der Waals surface area contributed by atoms with Crippen LogP contribution in [0.3, 0.4) is 0 Å². The quantitative estimate of drug-likeness (QED) is 0.813. The number of dihydropyridines is 1. The summed E-state index contributed by atoms with van der Waals surface area (Å²) < 4.78 is 5.22. The molecule has 0 aromatic carbocycles. The molecule has 0 aromatic rings. The van der Waals surface area contributed by atoms with E-state index in [0.717, 1.165) is 23.4 Å². The molecule has 4 nitrogen and oxygen atoms in total. The predicted octanol–water partition coefficient (Wildman–Crippen LogP) is 3.34. The average molecular weight is 305 g/mol. The summed E-state index contributed by atoms with van der Waals surface area (Å²) in [5.41, 5.74) is 3.19. The predicted molar refractivity (Wildman–Crippen MR) is 85.8 cm³/mol. The van der Waals surface area contributed by atoms with Crippen molar-refractivity contribution in [3.63, 3.8) is 0 Å². The van der Waals surface area contributed by atoms with Gasteiger partial charge < -0.3 is 10.1 Å². The van der Waals surface area contributed by atoms with Crippen molar-refractivity contribution in [2.24, 2.45) is 17.3 Å². The highest BCUT2D eigenvalue weighted by atomic mass is 16.5. The first-order valence-electron chi connectivity index (χ1n) is 8.09. The Bertz CT molecular complexity index is 567. The maximum Gasteiger partial charge on any atom is 0.336 e. The molecule has 0 spiro atoms. The fraction of sp³-hybridized carbons (Fsp3) is 0.667. The second kappa shape index (κ2) is 5.90. The van der Waals surface area contributed by atoms with Gasteiger partial charge in [-0.05, 0) is 31.6 Å². The second-order valence-corrected chi connectivity index (χ2v) is 7.44. The molecule has 0 radical (unpaired) electrons. The minimum absolute atomic E-state index is 0.0356. The Hall–Kier alpha value is -1.58. The van der Waals surface area contributed by atoms with E-state index in [-0.39, 0.29) is 29.0 Å². The van der Waals surface area contributed by atoms with Crippen molar-refractivity contribution in [3.05, 3.63) is 22.5 Å². The van der Waals surface area contributed by atoms with Crippen LogP contribution in [-0.4, -0.2) is 18.4 Å². The molecule has 22 heavy (non-hydrogen) atoms. The van der Waals surface area contributed by atoms with Gasteiger partial charge in [0.1, 0.15) is 0 Å².